The van der Waals surface area contributed by atoms with E-state index in [0.717, 1.165) is 0 Å². The van der Waals surface area contributed by atoms with Gasteiger partial charge in [0.05, 0.1) is 17.1 Å². The topological polar surface area (TPSA) is 57.0 Å². The van der Waals surface area contributed by atoms with E-state index in [9.17, 15) is 9.18 Å². The maximum Gasteiger partial charge on any atom is 0.273 e. The zero-order valence-corrected chi connectivity index (χ0v) is 10.9. The molecule has 4 nitrogen and oxygen atoms in total. The van der Waals surface area contributed by atoms with Gasteiger partial charge in [0, 0.05) is 24.5 Å². The van der Waals surface area contributed by atoms with Crippen LogP contribution in [0.2, 0.25) is 0 Å². The van der Waals surface area contributed by atoms with Crippen LogP contribution in [0.3, 0.4) is 0 Å². The molecule has 19 heavy (non-hydrogen) atoms. The van der Waals surface area contributed by atoms with Crippen LogP contribution in [0.4, 0.5) is 4.39 Å². The van der Waals surface area contributed by atoms with E-state index in [-0.39, 0.29) is 12.5 Å². The first-order valence-corrected chi connectivity index (χ1v) is 6.38. The highest BCUT2D eigenvalue weighted by Gasteiger charge is 2.15. The lowest BCUT2D eigenvalue weighted by Gasteiger charge is -2.16. The third-order valence-corrected chi connectivity index (χ3v) is 3.17. The van der Waals surface area contributed by atoms with Crippen LogP contribution >= 0.6 is 11.3 Å². The largest absolute Gasteiger partial charge is 0.336 e. The number of carbonyl (C=O) groups is 1. The second-order valence-electron chi connectivity index (χ2n) is 3.95. The lowest BCUT2D eigenvalue weighted by molar-refractivity contribution is 0.0779. The summed E-state index contributed by atoms with van der Waals surface area (Å²) >= 11 is 1.33. The minimum absolute atomic E-state index is 0.0950. The first kappa shape index (κ1) is 13.2. The molecule has 0 atom stereocenters. The number of amides is 1. The lowest BCUT2D eigenvalue weighted by Crippen LogP contribution is -2.26. The van der Waals surface area contributed by atoms with Crippen molar-refractivity contribution in [3.63, 3.8) is 0 Å². The summed E-state index contributed by atoms with van der Waals surface area (Å²) in [5.74, 6) is -0.708. The summed E-state index contributed by atoms with van der Waals surface area (Å²) in [6.07, 6.45) is 0. The molecule has 96 valence electrons. The quantitative estimate of drug-likeness (QED) is 0.864. The number of benzene rings is 1. The van der Waals surface area contributed by atoms with Crippen LogP contribution in [0.15, 0.2) is 29.1 Å². The van der Waals surface area contributed by atoms with Gasteiger partial charge in [-0.3, -0.25) is 4.79 Å². The molecule has 0 spiro atoms. The summed E-state index contributed by atoms with van der Waals surface area (Å²) in [5.41, 5.74) is 2.58. The van der Waals surface area contributed by atoms with Crippen molar-refractivity contribution < 1.29 is 9.18 Å². The van der Waals surface area contributed by atoms with E-state index < -0.39 is 5.82 Å². The molecule has 2 aromatic rings. The third kappa shape index (κ3) is 2.95. The minimum atomic E-state index is -0.433. The van der Waals surface area contributed by atoms with Crippen molar-refractivity contribution in [2.24, 2.45) is 0 Å². The van der Waals surface area contributed by atoms with Crippen LogP contribution in [0, 0.1) is 17.1 Å². The summed E-state index contributed by atoms with van der Waals surface area (Å²) in [6, 6.07) is 6.02. The molecule has 2 rings (SSSR count). The molecule has 1 aromatic carbocycles. The molecular formula is C13H10FN3OS. The molecule has 1 aromatic heterocycles. The Hall–Kier alpha value is -2.26. The lowest BCUT2D eigenvalue weighted by atomic mass is 10.1. The molecule has 6 heteroatoms. The second kappa shape index (κ2) is 5.59. The van der Waals surface area contributed by atoms with E-state index in [2.05, 4.69) is 4.98 Å². The van der Waals surface area contributed by atoms with E-state index in [0.29, 0.717) is 16.8 Å². The zero-order valence-electron chi connectivity index (χ0n) is 10.1. The van der Waals surface area contributed by atoms with Gasteiger partial charge in [-0.25, -0.2) is 9.37 Å². The van der Waals surface area contributed by atoms with Gasteiger partial charge in [-0.2, -0.15) is 5.26 Å². The van der Waals surface area contributed by atoms with E-state index in [1.165, 1.54) is 34.4 Å². The Labute approximate surface area is 113 Å². The number of nitrogens with zero attached hydrogens (tertiary/aromatic N) is 3. The molecule has 0 aliphatic heterocycles. The number of hydrogen-bond donors (Lipinski definition) is 0. The second-order valence-corrected chi connectivity index (χ2v) is 4.67. The average molecular weight is 275 g/mol. The zero-order chi connectivity index (χ0) is 13.8. The van der Waals surface area contributed by atoms with Gasteiger partial charge in [0.15, 0.2) is 0 Å². The average Bonchev–Trinajstić information content (AvgIpc) is 2.94. The normalized spacial score (nSPS) is 9.95. The molecule has 1 amide bonds. The van der Waals surface area contributed by atoms with Crippen LogP contribution in [0.1, 0.15) is 21.6 Å². The predicted octanol–water partition coefficient (Wildman–Crippen LogP) is 2.43. The Balaban J connectivity index is 2.17. The number of halogens is 1. The van der Waals surface area contributed by atoms with Crippen LogP contribution in [0.25, 0.3) is 0 Å². The van der Waals surface area contributed by atoms with Crippen molar-refractivity contribution in [3.8, 4) is 6.07 Å². The smallest absolute Gasteiger partial charge is 0.273 e. The molecule has 0 unspecified atom stereocenters. The first-order valence-electron chi connectivity index (χ1n) is 5.44. The summed E-state index contributed by atoms with van der Waals surface area (Å²) in [4.78, 5) is 17.2. The Bertz CT molecular complexity index is 634. The summed E-state index contributed by atoms with van der Waals surface area (Å²) in [7, 11) is 1.57. The van der Waals surface area contributed by atoms with Gasteiger partial charge in [0.1, 0.15) is 11.5 Å². The van der Waals surface area contributed by atoms with E-state index in [4.69, 9.17) is 5.26 Å². The minimum Gasteiger partial charge on any atom is -0.336 e. The fourth-order valence-electron chi connectivity index (χ4n) is 1.61. The monoisotopic (exact) mass is 275 g/mol. The van der Waals surface area contributed by atoms with Gasteiger partial charge in [-0.05, 0) is 18.2 Å². The Morgan fingerprint density at radius 1 is 1.58 bits per heavy atom. The summed E-state index contributed by atoms with van der Waals surface area (Å²) < 4.78 is 13.6. The van der Waals surface area contributed by atoms with Gasteiger partial charge < -0.3 is 4.90 Å². The molecule has 0 fully saturated rings. The van der Waals surface area contributed by atoms with Crippen molar-refractivity contribution in [2.75, 3.05) is 7.05 Å². The third-order valence-electron chi connectivity index (χ3n) is 2.58. The van der Waals surface area contributed by atoms with Crippen LogP contribution in [-0.2, 0) is 6.54 Å². The maximum atomic E-state index is 13.6. The van der Waals surface area contributed by atoms with E-state index in [1.807, 2.05) is 6.07 Å². The van der Waals surface area contributed by atoms with Crippen molar-refractivity contribution in [1.29, 1.82) is 5.26 Å². The Morgan fingerprint density at radius 3 is 3.00 bits per heavy atom. The molecule has 1 heterocycles. The fourth-order valence-corrected chi connectivity index (χ4v) is 2.13. The highest BCUT2D eigenvalue weighted by atomic mass is 32.1. The van der Waals surface area contributed by atoms with Crippen LogP contribution in [0.5, 0.6) is 0 Å². The van der Waals surface area contributed by atoms with Crippen molar-refractivity contribution in [2.45, 2.75) is 6.54 Å². The van der Waals surface area contributed by atoms with Gasteiger partial charge in [0.2, 0.25) is 0 Å². The Morgan fingerprint density at radius 2 is 2.37 bits per heavy atom. The number of thiazole rings is 1. The maximum absolute atomic E-state index is 13.6. The van der Waals surface area contributed by atoms with Crippen molar-refractivity contribution in [3.05, 3.63) is 51.7 Å². The standard InChI is InChI=1S/C13H10FN3OS/c1-17(13(18)12-7-19-8-16-12)6-10-4-9(5-15)2-3-11(10)14/h2-4,7-8H,6H2,1H3. The van der Waals surface area contributed by atoms with Gasteiger partial charge >= 0.3 is 0 Å². The number of rotatable bonds is 3. The van der Waals surface area contributed by atoms with Crippen LogP contribution in [-0.4, -0.2) is 22.8 Å². The van der Waals surface area contributed by atoms with E-state index in [1.54, 1.807) is 17.9 Å². The summed E-state index contributed by atoms with van der Waals surface area (Å²) in [6.45, 7) is 0.0950. The predicted molar refractivity (Wildman–Crippen MR) is 69.0 cm³/mol. The molecule has 0 N–H and O–H groups in total. The first-order chi connectivity index (χ1) is 9.11. The van der Waals surface area contributed by atoms with Gasteiger partial charge in [-0.15, -0.1) is 11.3 Å². The molecular weight excluding hydrogens is 265 g/mol. The highest BCUT2D eigenvalue weighted by Crippen LogP contribution is 2.14. The van der Waals surface area contributed by atoms with Crippen molar-refractivity contribution >= 4 is 17.2 Å². The van der Waals surface area contributed by atoms with Gasteiger partial charge in [0.25, 0.3) is 5.91 Å². The molecule has 0 radical (unpaired) electrons. The fraction of sp³-hybridized carbons (Fsp3) is 0.154. The molecule has 0 saturated heterocycles. The summed E-state index contributed by atoms with van der Waals surface area (Å²) in [5, 5.41) is 10.4. The molecule has 0 saturated carbocycles. The molecule has 0 bridgehead atoms. The molecule has 0 aliphatic carbocycles. The number of nitriles is 1. The van der Waals surface area contributed by atoms with Crippen LogP contribution < -0.4 is 0 Å². The SMILES string of the molecule is CN(Cc1cc(C#N)ccc1F)C(=O)c1cscn1. The Kier molecular flexibility index (Phi) is 3.88. The number of aromatic nitrogens is 1. The van der Waals surface area contributed by atoms with E-state index >= 15 is 0 Å². The van der Waals surface area contributed by atoms with Crippen molar-refractivity contribution in [1.82, 2.24) is 9.88 Å². The number of carbonyl (C=O) groups excluding carboxylic acids is 1. The van der Waals surface area contributed by atoms with Gasteiger partial charge in [-0.1, -0.05) is 0 Å². The highest BCUT2D eigenvalue weighted by molar-refractivity contribution is 7.07. The molecule has 0 aliphatic rings. The number of hydrogen-bond acceptors (Lipinski definition) is 4.